The summed E-state index contributed by atoms with van der Waals surface area (Å²) in [5.74, 6) is 1.64. The number of aryl methyl sites for hydroxylation is 2. The van der Waals surface area contributed by atoms with Crippen molar-refractivity contribution in [1.29, 1.82) is 0 Å². The smallest absolute Gasteiger partial charge is 0.110 e. The predicted octanol–water partition coefficient (Wildman–Crippen LogP) is 5.13. The van der Waals surface area contributed by atoms with E-state index in [-0.39, 0.29) is 0 Å². The Morgan fingerprint density at radius 3 is 2.29 bits per heavy atom. The van der Waals surface area contributed by atoms with Gasteiger partial charge in [-0.2, -0.15) is 0 Å². The molecule has 0 aliphatic heterocycles. The first-order chi connectivity index (χ1) is 9.86. The lowest BCUT2D eigenvalue weighted by molar-refractivity contribution is 0.134. The third kappa shape index (κ3) is 3.87. The Labute approximate surface area is 134 Å². The summed E-state index contributed by atoms with van der Waals surface area (Å²) in [5.41, 5.74) is 1.76. The van der Waals surface area contributed by atoms with Gasteiger partial charge in [-0.15, -0.1) is 11.3 Å². The summed E-state index contributed by atoms with van der Waals surface area (Å²) in [6.45, 7) is 11.6. The molecule has 1 unspecified atom stereocenters. The molecular formula is C18H32N2S. The Morgan fingerprint density at radius 2 is 1.86 bits per heavy atom. The van der Waals surface area contributed by atoms with Gasteiger partial charge < -0.3 is 5.32 Å². The molecule has 0 aromatic carbocycles. The van der Waals surface area contributed by atoms with Crippen molar-refractivity contribution in [2.75, 3.05) is 7.05 Å². The number of nitrogens with one attached hydrogen (secondary N) is 1. The number of aromatic nitrogens is 1. The summed E-state index contributed by atoms with van der Waals surface area (Å²) in [4.78, 5) is 6.30. The number of rotatable bonds is 4. The first-order valence-electron chi connectivity index (χ1n) is 8.50. The molecule has 3 heteroatoms. The van der Waals surface area contributed by atoms with Crippen LogP contribution < -0.4 is 5.32 Å². The van der Waals surface area contributed by atoms with Gasteiger partial charge in [-0.05, 0) is 63.3 Å². The maximum Gasteiger partial charge on any atom is 0.110 e. The van der Waals surface area contributed by atoms with Gasteiger partial charge >= 0.3 is 0 Å². The molecule has 1 atom stereocenters. The average molecular weight is 309 g/mol. The van der Waals surface area contributed by atoms with Crippen LogP contribution in [0, 0.1) is 24.2 Å². The second-order valence-corrected chi connectivity index (χ2v) is 8.89. The molecule has 1 aromatic heterocycles. The standard InChI is InChI=1S/C18H32N2S/c1-7-15-12(2)21-17(20-15)16(19-6)13-8-10-14(11-9-13)18(3,4)5/h13-14,16,19H,7-11H2,1-6H3. The highest BCUT2D eigenvalue weighted by molar-refractivity contribution is 7.11. The monoisotopic (exact) mass is 308 g/mol. The fraction of sp³-hybridized carbons (Fsp3) is 0.833. The van der Waals surface area contributed by atoms with Gasteiger partial charge in [0.15, 0.2) is 0 Å². The molecule has 2 rings (SSSR count). The minimum atomic E-state index is 0.454. The molecule has 1 aliphatic rings. The fourth-order valence-corrected chi connectivity index (χ4v) is 5.01. The molecule has 1 saturated carbocycles. The summed E-state index contributed by atoms with van der Waals surface area (Å²) < 4.78 is 0. The quantitative estimate of drug-likeness (QED) is 0.834. The first kappa shape index (κ1) is 17.0. The summed E-state index contributed by atoms with van der Waals surface area (Å²) in [6.07, 6.45) is 6.48. The maximum atomic E-state index is 4.90. The van der Waals surface area contributed by atoms with E-state index < -0.39 is 0 Å². The maximum absolute atomic E-state index is 4.90. The Morgan fingerprint density at radius 1 is 1.24 bits per heavy atom. The van der Waals surface area contributed by atoms with E-state index in [4.69, 9.17) is 4.98 Å². The molecule has 1 fully saturated rings. The zero-order valence-corrected chi connectivity index (χ0v) is 15.4. The summed E-state index contributed by atoms with van der Waals surface area (Å²) in [5, 5.41) is 4.87. The van der Waals surface area contributed by atoms with Crippen LogP contribution in [0.4, 0.5) is 0 Å². The molecule has 1 aliphatic carbocycles. The molecule has 1 aromatic rings. The van der Waals surface area contributed by atoms with E-state index in [0.29, 0.717) is 11.5 Å². The minimum Gasteiger partial charge on any atom is -0.311 e. The van der Waals surface area contributed by atoms with Crippen molar-refractivity contribution in [3.05, 3.63) is 15.6 Å². The zero-order valence-electron chi connectivity index (χ0n) is 14.6. The largest absolute Gasteiger partial charge is 0.311 e. The van der Waals surface area contributed by atoms with Gasteiger partial charge in [0.2, 0.25) is 0 Å². The highest BCUT2D eigenvalue weighted by atomic mass is 32.1. The van der Waals surface area contributed by atoms with Crippen LogP contribution in [0.5, 0.6) is 0 Å². The Bertz CT molecular complexity index is 450. The van der Waals surface area contributed by atoms with Crippen molar-refractivity contribution in [2.45, 2.75) is 72.8 Å². The second-order valence-electron chi connectivity index (χ2n) is 7.65. The Hall–Kier alpha value is -0.410. The van der Waals surface area contributed by atoms with E-state index in [9.17, 15) is 0 Å². The van der Waals surface area contributed by atoms with Gasteiger partial charge in [0.05, 0.1) is 11.7 Å². The van der Waals surface area contributed by atoms with E-state index in [0.717, 1.165) is 18.3 Å². The number of nitrogens with zero attached hydrogens (tertiary/aromatic N) is 1. The minimum absolute atomic E-state index is 0.454. The average Bonchev–Trinajstić information content (AvgIpc) is 2.80. The van der Waals surface area contributed by atoms with Gasteiger partial charge in [-0.25, -0.2) is 4.98 Å². The van der Waals surface area contributed by atoms with E-state index in [1.807, 2.05) is 11.3 Å². The molecule has 2 nitrogen and oxygen atoms in total. The van der Waals surface area contributed by atoms with Crippen LogP contribution in [0.15, 0.2) is 0 Å². The van der Waals surface area contributed by atoms with Gasteiger partial charge in [-0.1, -0.05) is 27.7 Å². The van der Waals surface area contributed by atoms with Gasteiger partial charge in [0.1, 0.15) is 5.01 Å². The van der Waals surface area contributed by atoms with Crippen LogP contribution >= 0.6 is 11.3 Å². The van der Waals surface area contributed by atoms with Crippen LogP contribution in [-0.2, 0) is 6.42 Å². The van der Waals surface area contributed by atoms with Crippen molar-refractivity contribution >= 4 is 11.3 Å². The Kier molecular flexibility index (Phi) is 5.48. The summed E-state index contributed by atoms with van der Waals surface area (Å²) >= 11 is 1.90. The van der Waals surface area contributed by atoms with Gasteiger partial charge in [-0.3, -0.25) is 0 Å². The topological polar surface area (TPSA) is 24.9 Å². The molecule has 0 spiro atoms. The number of hydrogen-bond donors (Lipinski definition) is 1. The normalized spacial score (nSPS) is 25.0. The first-order valence-corrected chi connectivity index (χ1v) is 9.31. The molecule has 0 saturated heterocycles. The lowest BCUT2D eigenvalue weighted by Crippen LogP contribution is -2.32. The Balaban J connectivity index is 2.05. The van der Waals surface area contributed by atoms with Crippen molar-refractivity contribution in [1.82, 2.24) is 10.3 Å². The van der Waals surface area contributed by atoms with Gasteiger partial charge in [0, 0.05) is 4.88 Å². The number of hydrogen-bond acceptors (Lipinski definition) is 3. The predicted molar refractivity (Wildman–Crippen MR) is 92.9 cm³/mol. The number of thiazole rings is 1. The molecule has 0 bridgehead atoms. The van der Waals surface area contributed by atoms with Crippen LogP contribution in [-0.4, -0.2) is 12.0 Å². The van der Waals surface area contributed by atoms with Crippen molar-refractivity contribution in [2.24, 2.45) is 17.3 Å². The van der Waals surface area contributed by atoms with E-state index in [2.05, 4.69) is 47.0 Å². The van der Waals surface area contributed by atoms with Crippen molar-refractivity contribution in [3.8, 4) is 0 Å². The van der Waals surface area contributed by atoms with Gasteiger partial charge in [0.25, 0.3) is 0 Å². The van der Waals surface area contributed by atoms with Crippen molar-refractivity contribution in [3.63, 3.8) is 0 Å². The highest BCUT2D eigenvalue weighted by Gasteiger charge is 2.34. The van der Waals surface area contributed by atoms with E-state index >= 15 is 0 Å². The van der Waals surface area contributed by atoms with E-state index in [1.165, 1.54) is 41.3 Å². The molecular weight excluding hydrogens is 276 g/mol. The molecule has 1 heterocycles. The third-order valence-electron chi connectivity index (χ3n) is 5.29. The molecule has 0 amide bonds. The lowest BCUT2D eigenvalue weighted by Gasteiger charge is -2.39. The SMILES string of the molecule is CCc1nc(C(NC)C2CCC(C(C)(C)C)CC2)sc1C. The summed E-state index contributed by atoms with van der Waals surface area (Å²) in [7, 11) is 2.10. The van der Waals surface area contributed by atoms with Crippen molar-refractivity contribution < 1.29 is 0 Å². The van der Waals surface area contributed by atoms with Crippen LogP contribution in [0.2, 0.25) is 0 Å². The molecule has 21 heavy (non-hydrogen) atoms. The fourth-order valence-electron chi connectivity index (χ4n) is 3.79. The second kappa shape index (κ2) is 6.78. The molecule has 0 radical (unpaired) electrons. The molecule has 120 valence electrons. The summed E-state index contributed by atoms with van der Waals surface area (Å²) in [6, 6.07) is 0.454. The van der Waals surface area contributed by atoms with Crippen LogP contribution in [0.1, 0.15) is 75.0 Å². The van der Waals surface area contributed by atoms with E-state index in [1.54, 1.807) is 0 Å². The lowest BCUT2D eigenvalue weighted by atomic mass is 9.68. The third-order valence-corrected chi connectivity index (χ3v) is 6.39. The molecule has 1 N–H and O–H groups in total. The van der Waals surface area contributed by atoms with Crippen LogP contribution in [0.3, 0.4) is 0 Å². The van der Waals surface area contributed by atoms with Crippen LogP contribution in [0.25, 0.3) is 0 Å². The zero-order chi connectivity index (χ0) is 15.6. The highest BCUT2D eigenvalue weighted by Crippen LogP contribution is 2.44.